The van der Waals surface area contributed by atoms with Gasteiger partial charge in [-0.1, -0.05) is 68.8 Å². The Morgan fingerprint density at radius 2 is 1.73 bits per heavy atom. The summed E-state index contributed by atoms with van der Waals surface area (Å²) in [5.74, 6) is 0.00101. The Bertz CT molecular complexity index is 1080. The average molecular weight is 449 g/mol. The summed E-state index contributed by atoms with van der Waals surface area (Å²) >= 11 is 0. The van der Waals surface area contributed by atoms with Crippen molar-refractivity contribution in [2.45, 2.75) is 39.7 Å². The van der Waals surface area contributed by atoms with Crippen molar-refractivity contribution in [3.63, 3.8) is 0 Å². The fourth-order valence-corrected chi connectivity index (χ4v) is 3.15. The standard InChI is InChI=1S/C26H32N4O3/c1-19-11-13-21(14-12-19)30-23(15-22(28-30)26(2,3)4)27-24(31)16-29(5)25(32)18-33-17-20-9-7-6-8-10-20/h6-15H,16-18H2,1-5H3,(H,27,31). The first-order valence-electron chi connectivity index (χ1n) is 11.0. The van der Waals surface area contributed by atoms with E-state index in [1.54, 1.807) is 11.7 Å². The number of aryl methyl sites for hydroxylation is 1. The molecule has 7 nitrogen and oxygen atoms in total. The molecule has 1 aromatic heterocycles. The van der Waals surface area contributed by atoms with Gasteiger partial charge in [-0.25, -0.2) is 4.68 Å². The minimum Gasteiger partial charge on any atom is -0.367 e. The molecule has 0 radical (unpaired) electrons. The third kappa shape index (κ3) is 6.76. The normalized spacial score (nSPS) is 11.3. The van der Waals surface area contributed by atoms with E-state index in [9.17, 15) is 9.59 Å². The van der Waals surface area contributed by atoms with Crippen LogP contribution in [0.15, 0.2) is 60.7 Å². The van der Waals surface area contributed by atoms with Crippen LogP contribution in [0.5, 0.6) is 0 Å². The van der Waals surface area contributed by atoms with Gasteiger partial charge in [0.25, 0.3) is 0 Å². The number of likely N-dealkylation sites (N-methyl/N-ethyl adjacent to an activating group) is 1. The molecule has 1 heterocycles. The van der Waals surface area contributed by atoms with Crippen molar-refractivity contribution in [2.75, 3.05) is 25.5 Å². The van der Waals surface area contributed by atoms with Crippen LogP contribution >= 0.6 is 0 Å². The second kappa shape index (κ2) is 10.4. The molecule has 3 rings (SSSR count). The maximum absolute atomic E-state index is 12.7. The lowest BCUT2D eigenvalue weighted by atomic mass is 9.92. The van der Waals surface area contributed by atoms with Crippen LogP contribution in [-0.4, -0.2) is 46.7 Å². The van der Waals surface area contributed by atoms with E-state index in [1.165, 1.54) is 4.90 Å². The first-order chi connectivity index (χ1) is 15.6. The average Bonchev–Trinajstić information content (AvgIpc) is 3.19. The number of carbonyl (C=O) groups is 2. The summed E-state index contributed by atoms with van der Waals surface area (Å²) in [7, 11) is 1.59. The molecule has 0 aliphatic rings. The second-order valence-corrected chi connectivity index (χ2v) is 9.19. The third-order valence-electron chi connectivity index (χ3n) is 5.17. The SMILES string of the molecule is Cc1ccc(-n2nc(C(C)(C)C)cc2NC(=O)CN(C)C(=O)COCc2ccccc2)cc1. The predicted octanol–water partition coefficient (Wildman–Crippen LogP) is 4.09. The van der Waals surface area contributed by atoms with Crippen LogP contribution in [0.2, 0.25) is 0 Å². The van der Waals surface area contributed by atoms with Crippen LogP contribution in [0.3, 0.4) is 0 Å². The van der Waals surface area contributed by atoms with Crippen molar-refractivity contribution < 1.29 is 14.3 Å². The number of rotatable bonds is 8. The molecule has 33 heavy (non-hydrogen) atoms. The highest BCUT2D eigenvalue weighted by molar-refractivity contribution is 5.94. The molecule has 0 saturated heterocycles. The Labute approximate surface area is 195 Å². The number of nitrogens with zero attached hydrogens (tertiary/aromatic N) is 3. The van der Waals surface area contributed by atoms with Gasteiger partial charge in [0.05, 0.1) is 24.5 Å². The van der Waals surface area contributed by atoms with E-state index in [0.717, 1.165) is 22.5 Å². The quantitative estimate of drug-likeness (QED) is 0.563. The molecule has 1 N–H and O–H groups in total. The van der Waals surface area contributed by atoms with Crippen molar-refractivity contribution in [3.05, 3.63) is 77.5 Å². The lowest BCUT2D eigenvalue weighted by molar-refractivity contribution is -0.137. The fraction of sp³-hybridized carbons (Fsp3) is 0.346. The van der Waals surface area contributed by atoms with Crippen molar-refractivity contribution in [2.24, 2.45) is 0 Å². The molecule has 0 spiro atoms. The lowest BCUT2D eigenvalue weighted by Crippen LogP contribution is -2.37. The molecule has 7 heteroatoms. The summed E-state index contributed by atoms with van der Waals surface area (Å²) < 4.78 is 7.22. The number of nitrogens with one attached hydrogen (secondary N) is 1. The van der Waals surface area contributed by atoms with E-state index in [-0.39, 0.29) is 30.4 Å². The van der Waals surface area contributed by atoms with Crippen molar-refractivity contribution in [1.29, 1.82) is 0 Å². The zero-order valence-electron chi connectivity index (χ0n) is 20.0. The first kappa shape index (κ1) is 24.2. The van der Waals surface area contributed by atoms with Crippen LogP contribution in [0.1, 0.15) is 37.6 Å². The Hall–Kier alpha value is -3.45. The second-order valence-electron chi connectivity index (χ2n) is 9.19. The van der Waals surface area contributed by atoms with Gasteiger partial charge in [-0.2, -0.15) is 5.10 Å². The lowest BCUT2D eigenvalue weighted by Gasteiger charge is -2.17. The van der Waals surface area contributed by atoms with Gasteiger partial charge in [-0.15, -0.1) is 0 Å². The molecule has 0 atom stereocenters. The molecule has 174 valence electrons. The monoisotopic (exact) mass is 448 g/mol. The molecule has 0 fully saturated rings. The van der Waals surface area contributed by atoms with Gasteiger partial charge in [0.1, 0.15) is 12.4 Å². The summed E-state index contributed by atoms with van der Waals surface area (Å²) in [6.07, 6.45) is 0. The molecular formula is C26H32N4O3. The Morgan fingerprint density at radius 1 is 1.06 bits per heavy atom. The van der Waals surface area contributed by atoms with E-state index in [4.69, 9.17) is 9.84 Å². The molecule has 0 aliphatic heterocycles. The Morgan fingerprint density at radius 3 is 2.36 bits per heavy atom. The number of carbonyl (C=O) groups excluding carboxylic acids is 2. The van der Waals surface area contributed by atoms with Gasteiger partial charge in [0.2, 0.25) is 11.8 Å². The summed E-state index contributed by atoms with van der Waals surface area (Å²) in [5.41, 5.74) is 3.66. The molecule has 2 aromatic carbocycles. The third-order valence-corrected chi connectivity index (χ3v) is 5.17. The molecule has 0 bridgehead atoms. The van der Waals surface area contributed by atoms with Gasteiger partial charge < -0.3 is 15.0 Å². The number of ether oxygens (including phenoxy) is 1. The highest BCUT2D eigenvalue weighted by Gasteiger charge is 2.22. The van der Waals surface area contributed by atoms with E-state index >= 15 is 0 Å². The molecule has 2 amide bonds. The van der Waals surface area contributed by atoms with E-state index < -0.39 is 0 Å². The summed E-state index contributed by atoms with van der Waals surface area (Å²) in [4.78, 5) is 26.5. The van der Waals surface area contributed by atoms with Crippen molar-refractivity contribution in [3.8, 4) is 5.69 Å². The largest absolute Gasteiger partial charge is 0.367 e. The topological polar surface area (TPSA) is 76.5 Å². The van der Waals surface area contributed by atoms with E-state index in [0.29, 0.717) is 12.4 Å². The van der Waals surface area contributed by atoms with Gasteiger partial charge >= 0.3 is 0 Å². The predicted molar refractivity (Wildman–Crippen MR) is 129 cm³/mol. The maximum atomic E-state index is 12.7. The van der Waals surface area contributed by atoms with Gasteiger partial charge in [0, 0.05) is 18.5 Å². The highest BCUT2D eigenvalue weighted by Crippen LogP contribution is 2.26. The summed E-state index contributed by atoms with van der Waals surface area (Å²) in [5, 5.41) is 7.63. The maximum Gasteiger partial charge on any atom is 0.248 e. The van der Waals surface area contributed by atoms with Gasteiger partial charge in [0.15, 0.2) is 0 Å². The fourth-order valence-electron chi connectivity index (χ4n) is 3.15. The zero-order chi connectivity index (χ0) is 24.0. The van der Waals surface area contributed by atoms with Crippen LogP contribution in [0.25, 0.3) is 5.69 Å². The van der Waals surface area contributed by atoms with Gasteiger partial charge in [-0.3, -0.25) is 9.59 Å². The zero-order valence-corrected chi connectivity index (χ0v) is 20.0. The first-order valence-corrected chi connectivity index (χ1v) is 11.0. The molecular weight excluding hydrogens is 416 g/mol. The Balaban J connectivity index is 1.63. The molecule has 0 saturated carbocycles. The molecule has 0 unspecified atom stereocenters. The number of hydrogen-bond acceptors (Lipinski definition) is 4. The minimum absolute atomic E-state index is 0.0859. The van der Waals surface area contributed by atoms with Crippen LogP contribution < -0.4 is 5.32 Å². The highest BCUT2D eigenvalue weighted by atomic mass is 16.5. The van der Waals surface area contributed by atoms with E-state index in [2.05, 4.69) is 26.1 Å². The Kier molecular flexibility index (Phi) is 7.66. The molecule has 0 aliphatic carbocycles. The molecule has 3 aromatic rings. The van der Waals surface area contributed by atoms with E-state index in [1.807, 2.05) is 67.6 Å². The number of anilines is 1. The number of aromatic nitrogens is 2. The smallest absolute Gasteiger partial charge is 0.248 e. The number of amides is 2. The number of benzene rings is 2. The number of hydrogen-bond donors (Lipinski definition) is 1. The van der Waals surface area contributed by atoms with Crippen LogP contribution in [-0.2, 0) is 26.3 Å². The van der Waals surface area contributed by atoms with Gasteiger partial charge in [-0.05, 0) is 24.6 Å². The van der Waals surface area contributed by atoms with Crippen molar-refractivity contribution >= 4 is 17.6 Å². The minimum atomic E-state index is -0.303. The van der Waals surface area contributed by atoms with Crippen LogP contribution in [0, 0.1) is 6.92 Å². The van der Waals surface area contributed by atoms with Crippen molar-refractivity contribution in [1.82, 2.24) is 14.7 Å². The summed E-state index contributed by atoms with van der Waals surface area (Å²) in [6, 6.07) is 19.4. The summed E-state index contributed by atoms with van der Waals surface area (Å²) in [6.45, 7) is 8.41. The van der Waals surface area contributed by atoms with Crippen LogP contribution in [0.4, 0.5) is 5.82 Å².